The van der Waals surface area contributed by atoms with Crippen molar-refractivity contribution >= 4 is 11.9 Å². The molecule has 0 radical (unpaired) electrons. The van der Waals surface area contributed by atoms with Gasteiger partial charge in [-0.2, -0.15) is 5.48 Å². The van der Waals surface area contributed by atoms with Crippen LogP contribution >= 0.6 is 0 Å². The zero-order valence-corrected chi connectivity index (χ0v) is 16.6. The smallest absolute Gasteiger partial charge is 0.309 e. The first-order valence-electron chi connectivity index (χ1n) is 9.64. The minimum absolute atomic E-state index is 0.0288. The lowest BCUT2D eigenvalue weighted by atomic mass is 9.85. The molecule has 1 saturated heterocycles. The summed E-state index contributed by atoms with van der Waals surface area (Å²) in [5, 5.41) is 9.55. The van der Waals surface area contributed by atoms with E-state index in [9.17, 15) is 14.7 Å². The Balaban J connectivity index is 2.05. The lowest BCUT2D eigenvalue weighted by molar-refractivity contribution is -0.149. The molecule has 6 nitrogen and oxygen atoms in total. The number of carbonyl (C=O) groups excluding carboxylic acids is 1. The molecule has 4 atom stereocenters. The molecule has 6 heteroatoms. The van der Waals surface area contributed by atoms with E-state index >= 15 is 0 Å². The van der Waals surface area contributed by atoms with Gasteiger partial charge in [-0.1, -0.05) is 58.0 Å². The minimum atomic E-state index is -0.843. The van der Waals surface area contributed by atoms with Gasteiger partial charge >= 0.3 is 11.9 Å². The van der Waals surface area contributed by atoms with Crippen LogP contribution in [0.25, 0.3) is 0 Å². The topological polar surface area (TPSA) is 84.9 Å². The molecule has 0 aliphatic carbocycles. The Hall–Kier alpha value is -1.92. The number of benzene rings is 1. The van der Waals surface area contributed by atoms with Crippen LogP contribution in [0.5, 0.6) is 0 Å². The Kier molecular flexibility index (Phi) is 7.80. The largest absolute Gasteiger partial charge is 0.481 e. The van der Waals surface area contributed by atoms with E-state index in [4.69, 9.17) is 9.57 Å². The highest BCUT2D eigenvalue weighted by Crippen LogP contribution is 2.32. The van der Waals surface area contributed by atoms with Crippen LogP contribution in [0.1, 0.15) is 46.1 Å². The maximum atomic E-state index is 12.2. The van der Waals surface area contributed by atoms with Crippen LogP contribution < -0.4 is 5.48 Å². The summed E-state index contributed by atoms with van der Waals surface area (Å²) in [6.45, 7) is 8.12. The van der Waals surface area contributed by atoms with Gasteiger partial charge in [0, 0.05) is 0 Å². The first-order chi connectivity index (χ1) is 12.8. The highest BCUT2D eigenvalue weighted by molar-refractivity contribution is 5.75. The van der Waals surface area contributed by atoms with E-state index in [1.54, 1.807) is 0 Å². The third-order valence-corrected chi connectivity index (χ3v) is 5.26. The molecule has 2 rings (SSSR count). The van der Waals surface area contributed by atoms with Crippen LogP contribution in [-0.2, 0) is 25.8 Å². The first kappa shape index (κ1) is 21.4. The van der Waals surface area contributed by atoms with Gasteiger partial charge < -0.3 is 9.84 Å². The Morgan fingerprint density at radius 2 is 1.93 bits per heavy atom. The summed E-state index contributed by atoms with van der Waals surface area (Å²) in [5.41, 5.74) is 4.00. The number of hydrogen-bond donors (Lipinski definition) is 2. The molecular formula is C21H31NO5. The number of carboxylic acids is 1. The van der Waals surface area contributed by atoms with Crippen molar-refractivity contribution in [1.29, 1.82) is 0 Å². The van der Waals surface area contributed by atoms with E-state index in [0.717, 1.165) is 5.56 Å². The number of nitrogens with one attached hydrogen (secondary N) is 1. The SMILES string of the molecule is CC(C)[C@H](C[C@H](NOCc1ccccc1)[C@@H]1C[C@@H](C(C)C)C(=O)O1)C(=O)O. The second-order valence-corrected chi connectivity index (χ2v) is 7.98. The Morgan fingerprint density at radius 1 is 1.26 bits per heavy atom. The second-order valence-electron chi connectivity index (χ2n) is 7.98. The van der Waals surface area contributed by atoms with E-state index in [1.807, 2.05) is 58.0 Å². The van der Waals surface area contributed by atoms with E-state index in [-0.39, 0.29) is 35.9 Å². The number of carbonyl (C=O) groups is 2. The quantitative estimate of drug-likeness (QED) is 0.480. The summed E-state index contributed by atoms with van der Waals surface area (Å²) in [5.74, 6) is -1.59. The summed E-state index contributed by atoms with van der Waals surface area (Å²) < 4.78 is 5.59. The predicted molar refractivity (Wildman–Crippen MR) is 102 cm³/mol. The number of ether oxygens (including phenoxy) is 1. The summed E-state index contributed by atoms with van der Waals surface area (Å²) in [7, 11) is 0. The molecule has 1 aromatic carbocycles. The van der Waals surface area contributed by atoms with Crippen molar-refractivity contribution in [1.82, 2.24) is 5.48 Å². The van der Waals surface area contributed by atoms with Crippen molar-refractivity contribution in [2.75, 3.05) is 0 Å². The Labute approximate surface area is 161 Å². The average molecular weight is 377 g/mol. The third kappa shape index (κ3) is 6.04. The standard InChI is InChI=1S/C21H31NO5/c1-13(2)16(20(23)24)10-18(19-11-17(14(3)4)21(25)27-19)22-26-12-15-8-6-5-7-9-15/h5-9,13-14,16-19,22H,10-12H2,1-4H3,(H,23,24)/t16-,17-,18-,19-/m0/s1. The Bertz CT molecular complexity index is 616. The predicted octanol–water partition coefficient (Wildman–Crippen LogP) is 3.41. The minimum Gasteiger partial charge on any atom is -0.481 e. The molecule has 0 aromatic heterocycles. The van der Waals surface area contributed by atoms with Crippen molar-refractivity contribution in [3.8, 4) is 0 Å². The molecule has 150 valence electrons. The first-order valence-corrected chi connectivity index (χ1v) is 9.64. The molecule has 2 N–H and O–H groups in total. The van der Waals surface area contributed by atoms with Crippen molar-refractivity contribution in [3.63, 3.8) is 0 Å². The molecule has 0 spiro atoms. The van der Waals surface area contributed by atoms with Crippen molar-refractivity contribution in [2.24, 2.45) is 23.7 Å². The van der Waals surface area contributed by atoms with Crippen LogP contribution in [0.4, 0.5) is 0 Å². The van der Waals surface area contributed by atoms with Gasteiger partial charge in [-0.05, 0) is 30.2 Å². The van der Waals surface area contributed by atoms with Gasteiger partial charge in [-0.25, -0.2) is 0 Å². The number of esters is 1. The monoisotopic (exact) mass is 377 g/mol. The van der Waals surface area contributed by atoms with Crippen LogP contribution in [0, 0.1) is 23.7 Å². The van der Waals surface area contributed by atoms with Gasteiger partial charge in [0.2, 0.25) is 0 Å². The molecule has 27 heavy (non-hydrogen) atoms. The fraction of sp³-hybridized carbons (Fsp3) is 0.619. The molecule has 1 heterocycles. The van der Waals surface area contributed by atoms with Crippen molar-refractivity contribution < 1.29 is 24.3 Å². The van der Waals surface area contributed by atoms with Gasteiger partial charge in [-0.15, -0.1) is 0 Å². The highest BCUT2D eigenvalue weighted by atomic mass is 16.6. The Morgan fingerprint density at radius 3 is 2.44 bits per heavy atom. The van der Waals surface area contributed by atoms with Gasteiger partial charge in [0.05, 0.1) is 24.5 Å². The maximum absolute atomic E-state index is 12.2. The van der Waals surface area contributed by atoms with Gasteiger partial charge in [0.1, 0.15) is 6.10 Å². The zero-order chi connectivity index (χ0) is 20.0. The van der Waals surface area contributed by atoms with E-state index in [2.05, 4.69) is 5.48 Å². The average Bonchev–Trinajstić information content (AvgIpc) is 3.00. The van der Waals surface area contributed by atoms with Crippen molar-refractivity contribution in [2.45, 2.75) is 59.3 Å². The number of hydrogen-bond acceptors (Lipinski definition) is 5. The number of aliphatic carboxylic acids is 1. The maximum Gasteiger partial charge on any atom is 0.309 e. The summed E-state index contributed by atoms with van der Waals surface area (Å²) in [6, 6.07) is 9.34. The zero-order valence-electron chi connectivity index (χ0n) is 16.6. The number of cyclic esters (lactones) is 1. The van der Waals surface area contributed by atoms with Gasteiger partial charge in [0.15, 0.2) is 0 Å². The molecule has 1 fully saturated rings. The number of carboxylic acid groups (broad SMARTS) is 1. The molecule has 1 aromatic rings. The fourth-order valence-corrected chi connectivity index (χ4v) is 3.44. The normalized spacial score (nSPS) is 22.1. The molecular weight excluding hydrogens is 346 g/mol. The van der Waals surface area contributed by atoms with E-state index < -0.39 is 11.9 Å². The molecule has 0 unspecified atom stereocenters. The molecule has 0 amide bonds. The van der Waals surface area contributed by atoms with Crippen LogP contribution in [0.2, 0.25) is 0 Å². The lowest BCUT2D eigenvalue weighted by Gasteiger charge is -2.27. The van der Waals surface area contributed by atoms with Crippen LogP contribution in [0.15, 0.2) is 30.3 Å². The fourth-order valence-electron chi connectivity index (χ4n) is 3.44. The third-order valence-electron chi connectivity index (χ3n) is 5.26. The lowest BCUT2D eigenvalue weighted by Crippen LogP contribution is -2.43. The summed E-state index contributed by atoms with van der Waals surface area (Å²) in [6.07, 6.45) is 0.527. The second kappa shape index (κ2) is 9.85. The van der Waals surface area contributed by atoms with Crippen molar-refractivity contribution in [3.05, 3.63) is 35.9 Å². The highest BCUT2D eigenvalue weighted by Gasteiger charge is 2.42. The number of hydroxylamine groups is 1. The van der Waals surface area contributed by atoms with Gasteiger partial charge in [-0.3, -0.25) is 14.4 Å². The van der Waals surface area contributed by atoms with E-state index in [1.165, 1.54) is 0 Å². The van der Waals surface area contributed by atoms with Crippen LogP contribution in [0.3, 0.4) is 0 Å². The van der Waals surface area contributed by atoms with E-state index in [0.29, 0.717) is 19.4 Å². The summed E-state index contributed by atoms with van der Waals surface area (Å²) in [4.78, 5) is 29.5. The van der Waals surface area contributed by atoms with Crippen LogP contribution in [-0.4, -0.2) is 29.2 Å². The molecule has 0 bridgehead atoms. The molecule has 1 aliphatic rings. The summed E-state index contributed by atoms with van der Waals surface area (Å²) >= 11 is 0. The van der Waals surface area contributed by atoms with Gasteiger partial charge in [0.25, 0.3) is 0 Å². The molecule has 0 saturated carbocycles. The number of rotatable bonds is 10. The molecule has 1 aliphatic heterocycles.